The van der Waals surface area contributed by atoms with Crippen LogP contribution in [0.2, 0.25) is 0 Å². The molecule has 3 N–H and O–H groups in total. The summed E-state index contributed by atoms with van der Waals surface area (Å²) in [6.45, 7) is 10.2. The van der Waals surface area contributed by atoms with Crippen LogP contribution < -0.4 is 20.0 Å². The lowest BCUT2D eigenvalue weighted by Crippen LogP contribution is -3.27. The molecule has 1 aromatic heterocycles. The predicted molar refractivity (Wildman–Crippen MR) is 117 cm³/mol. The largest absolute Gasteiger partial charge is 0.507 e. The van der Waals surface area contributed by atoms with Gasteiger partial charge in [0.25, 0.3) is 0 Å². The van der Waals surface area contributed by atoms with Gasteiger partial charge in [0.05, 0.1) is 30.2 Å². The SMILES string of the molecule is CC[NH+]1CC[NH+](Cc2c(O)ccc3c(=O)c(-c4ccc(OC)cc4)c(C)oc23)CC1. The van der Waals surface area contributed by atoms with Crippen LogP contribution in [0.25, 0.3) is 22.1 Å². The van der Waals surface area contributed by atoms with Crippen LogP contribution >= 0.6 is 0 Å². The van der Waals surface area contributed by atoms with E-state index in [1.54, 1.807) is 24.1 Å². The van der Waals surface area contributed by atoms with Crippen molar-refractivity contribution in [3.8, 4) is 22.6 Å². The molecule has 0 unspecified atom stereocenters. The number of aromatic hydroxyl groups is 1. The molecule has 1 fully saturated rings. The number of phenolic OH excluding ortho intramolecular Hbond substituents is 1. The smallest absolute Gasteiger partial charge is 0.200 e. The number of methoxy groups -OCH3 is 1. The summed E-state index contributed by atoms with van der Waals surface area (Å²) in [5.74, 6) is 1.49. The van der Waals surface area contributed by atoms with Gasteiger partial charge in [-0.2, -0.15) is 0 Å². The summed E-state index contributed by atoms with van der Waals surface area (Å²) < 4.78 is 11.4. The van der Waals surface area contributed by atoms with Crippen molar-refractivity contribution in [1.29, 1.82) is 0 Å². The second-order valence-electron chi connectivity index (χ2n) is 8.06. The average molecular weight is 411 g/mol. The van der Waals surface area contributed by atoms with E-state index in [9.17, 15) is 9.90 Å². The van der Waals surface area contributed by atoms with Gasteiger partial charge in [-0.15, -0.1) is 0 Å². The second kappa shape index (κ2) is 8.50. The van der Waals surface area contributed by atoms with Crippen molar-refractivity contribution in [2.75, 3.05) is 39.8 Å². The van der Waals surface area contributed by atoms with Crippen LogP contribution in [0.3, 0.4) is 0 Å². The van der Waals surface area contributed by atoms with Gasteiger partial charge in [-0.3, -0.25) is 4.79 Å². The van der Waals surface area contributed by atoms with Gasteiger partial charge >= 0.3 is 0 Å². The van der Waals surface area contributed by atoms with E-state index in [-0.39, 0.29) is 11.2 Å². The summed E-state index contributed by atoms with van der Waals surface area (Å²) in [5, 5.41) is 11.1. The lowest BCUT2D eigenvalue weighted by molar-refractivity contribution is -1.02. The fraction of sp³-hybridized carbons (Fsp3) is 0.375. The third-order valence-corrected chi connectivity index (χ3v) is 6.28. The van der Waals surface area contributed by atoms with Crippen molar-refractivity contribution in [3.63, 3.8) is 0 Å². The second-order valence-corrected chi connectivity index (χ2v) is 8.06. The summed E-state index contributed by atoms with van der Waals surface area (Å²) in [7, 11) is 1.62. The Labute approximate surface area is 176 Å². The first-order valence-corrected chi connectivity index (χ1v) is 10.6. The zero-order valence-corrected chi connectivity index (χ0v) is 17.9. The fourth-order valence-electron chi connectivity index (χ4n) is 4.41. The predicted octanol–water partition coefficient (Wildman–Crippen LogP) is 0.786. The highest BCUT2D eigenvalue weighted by molar-refractivity contribution is 5.86. The quantitative estimate of drug-likeness (QED) is 0.582. The molecule has 158 valence electrons. The highest BCUT2D eigenvalue weighted by Crippen LogP contribution is 2.30. The maximum Gasteiger partial charge on any atom is 0.200 e. The van der Waals surface area contributed by atoms with Gasteiger partial charge in [0.1, 0.15) is 50.0 Å². The van der Waals surface area contributed by atoms with Crippen LogP contribution in [-0.4, -0.2) is 44.9 Å². The lowest BCUT2D eigenvalue weighted by Gasteiger charge is -2.29. The Balaban J connectivity index is 1.74. The maximum absolute atomic E-state index is 13.4. The first kappa shape index (κ1) is 20.4. The number of hydrogen-bond donors (Lipinski definition) is 3. The first-order chi connectivity index (χ1) is 14.5. The van der Waals surface area contributed by atoms with E-state index in [0.717, 1.165) is 49.6 Å². The minimum Gasteiger partial charge on any atom is -0.507 e. The fourth-order valence-corrected chi connectivity index (χ4v) is 4.41. The average Bonchev–Trinajstić information content (AvgIpc) is 2.77. The van der Waals surface area contributed by atoms with E-state index < -0.39 is 0 Å². The molecule has 6 nitrogen and oxygen atoms in total. The monoisotopic (exact) mass is 410 g/mol. The van der Waals surface area contributed by atoms with E-state index in [4.69, 9.17) is 9.15 Å². The molecule has 0 aliphatic carbocycles. The van der Waals surface area contributed by atoms with Crippen LogP contribution in [0.1, 0.15) is 18.2 Å². The third kappa shape index (κ3) is 3.80. The highest BCUT2D eigenvalue weighted by Gasteiger charge is 2.25. The summed E-state index contributed by atoms with van der Waals surface area (Å²) >= 11 is 0. The van der Waals surface area contributed by atoms with Gasteiger partial charge in [0.15, 0.2) is 5.58 Å². The number of hydrogen-bond acceptors (Lipinski definition) is 4. The van der Waals surface area contributed by atoms with Gasteiger partial charge < -0.3 is 24.1 Å². The molecule has 6 heteroatoms. The maximum atomic E-state index is 13.4. The topological polar surface area (TPSA) is 68.5 Å². The van der Waals surface area contributed by atoms with Gasteiger partial charge in [0.2, 0.25) is 5.43 Å². The van der Waals surface area contributed by atoms with Gasteiger partial charge in [-0.1, -0.05) is 12.1 Å². The number of benzene rings is 2. The Kier molecular flexibility index (Phi) is 5.79. The first-order valence-electron chi connectivity index (χ1n) is 10.6. The van der Waals surface area contributed by atoms with Crippen molar-refractivity contribution in [3.05, 3.63) is 57.9 Å². The number of fused-ring (bicyclic) bond motifs is 1. The van der Waals surface area contributed by atoms with E-state index in [1.165, 1.54) is 4.90 Å². The van der Waals surface area contributed by atoms with Crippen LogP contribution in [0, 0.1) is 6.92 Å². The summed E-state index contributed by atoms with van der Waals surface area (Å²) in [5.41, 5.74) is 2.50. The van der Waals surface area contributed by atoms with Crippen molar-refractivity contribution in [2.45, 2.75) is 20.4 Å². The summed E-state index contributed by atoms with van der Waals surface area (Å²) in [4.78, 5) is 16.4. The van der Waals surface area contributed by atoms with Gasteiger partial charge in [-0.25, -0.2) is 0 Å². The summed E-state index contributed by atoms with van der Waals surface area (Å²) in [6.07, 6.45) is 0. The van der Waals surface area contributed by atoms with Crippen LogP contribution in [0.5, 0.6) is 11.5 Å². The Morgan fingerprint density at radius 2 is 1.70 bits per heavy atom. The zero-order chi connectivity index (χ0) is 21.3. The standard InChI is InChI=1S/C24H28N2O4/c1-4-25-11-13-26(14-12-25)15-20-21(27)10-9-19-23(28)22(16(2)30-24(19)20)17-5-7-18(29-3)8-6-17/h5-10,27H,4,11-15H2,1-3H3/p+2. The normalized spacial score (nSPS) is 19.2. The third-order valence-electron chi connectivity index (χ3n) is 6.28. The molecular weight excluding hydrogens is 380 g/mol. The molecule has 2 aromatic carbocycles. The van der Waals surface area contributed by atoms with E-state index in [2.05, 4.69) is 6.92 Å². The van der Waals surface area contributed by atoms with Crippen LogP contribution in [0.4, 0.5) is 0 Å². The van der Waals surface area contributed by atoms with Crippen LogP contribution in [-0.2, 0) is 6.54 Å². The lowest BCUT2D eigenvalue weighted by atomic mass is 10.0. The minimum atomic E-state index is -0.0737. The van der Waals surface area contributed by atoms with Crippen LogP contribution in [0.15, 0.2) is 45.6 Å². The number of piperazine rings is 1. The molecular formula is C24H30N2O4+2. The molecule has 3 aromatic rings. The highest BCUT2D eigenvalue weighted by atomic mass is 16.5. The molecule has 0 spiro atoms. The van der Waals surface area contributed by atoms with Crippen molar-refractivity contribution < 1.29 is 24.1 Å². The molecule has 0 radical (unpaired) electrons. The number of aryl methyl sites for hydroxylation is 1. The Bertz CT molecular complexity index is 1100. The molecule has 1 saturated heterocycles. The number of rotatable bonds is 5. The number of phenols is 1. The zero-order valence-electron chi connectivity index (χ0n) is 17.9. The van der Waals surface area contributed by atoms with Gasteiger partial charge in [0, 0.05) is 0 Å². The molecule has 1 aliphatic rings. The molecule has 1 aliphatic heterocycles. The molecule has 0 bridgehead atoms. The van der Waals surface area contributed by atoms with E-state index in [1.807, 2.05) is 31.2 Å². The van der Waals surface area contributed by atoms with Crippen molar-refractivity contribution >= 4 is 11.0 Å². The molecule has 2 heterocycles. The Morgan fingerprint density at radius 1 is 1.03 bits per heavy atom. The molecule has 4 rings (SSSR count). The molecule has 0 atom stereocenters. The molecule has 30 heavy (non-hydrogen) atoms. The Hall–Kier alpha value is -2.83. The Morgan fingerprint density at radius 3 is 2.33 bits per heavy atom. The minimum absolute atomic E-state index is 0.0737. The summed E-state index contributed by atoms with van der Waals surface area (Å²) in [6, 6.07) is 10.7. The van der Waals surface area contributed by atoms with Gasteiger partial charge in [-0.05, 0) is 43.7 Å². The number of likely N-dealkylation sites (N-methyl/N-ethyl adjacent to an activating group) is 1. The van der Waals surface area contributed by atoms with Crippen molar-refractivity contribution in [2.24, 2.45) is 0 Å². The van der Waals surface area contributed by atoms with E-state index >= 15 is 0 Å². The number of ether oxygens (including phenoxy) is 1. The number of quaternary nitrogens is 2. The van der Waals surface area contributed by atoms with Crippen molar-refractivity contribution in [1.82, 2.24) is 0 Å². The molecule has 0 amide bonds. The van der Waals surface area contributed by atoms with E-state index in [0.29, 0.717) is 28.8 Å². The number of nitrogens with one attached hydrogen (secondary N) is 2. The molecule has 0 saturated carbocycles.